The lowest BCUT2D eigenvalue weighted by Crippen LogP contribution is -2.35. The van der Waals surface area contributed by atoms with Gasteiger partial charge in [0.1, 0.15) is 0 Å². The molecule has 0 radical (unpaired) electrons. The van der Waals surface area contributed by atoms with Crippen LogP contribution in [-0.2, 0) is 21.2 Å². The number of benzene rings is 2. The largest absolute Gasteiger partial charge is 0.325 e. The molecule has 5 nitrogen and oxygen atoms in total. The van der Waals surface area contributed by atoms with Gasteiger partial charge in [0.15, 0.2) is 0 Å². The summed E-state index contributed by atoms with van der Waals surface area (Å²) in [5, 5.41) is 3.64. The molecule has 1 fully saturated rings. The van der Waals surface area contributed by atoms with Crippen LogP contribution < -0.4 is 5.32 Å². The molecule has 0 atom stereocenters. The minimum absolute atomic E-state index is 0.172. The number of aryl methyl sites for hydroxylation is 1. The lowest BCUT2D eigenvalue weighted by atomic mass is 10.1. The van der Waals surface area contributed by atoms with E-state index in [9.17, 15) is 13.2 Å². The van der Waals surface area contributed by atoms with E-state index in [0.717, 1.165) is 24.8 Å². The van der Waals surface area contributed by atoms with E-state index >= 15 is 0 Å². The minimum Gasteiger partial charge on any atom is -0.325 e. The van der Waals surface area contributed by atoms with Gasteiger partial charge in [-0.3, -0.25) is 4.79 Å². The predicted molar refractivity (Wildman–Crippen MR) is 112 cm³/mol. The van der Waals surface area contributed by atoms with Crippen molar-refractivity contribution < 1.29 is 13.2 Å². The zero-order valence-corrected chi connectivity index (χ0v) is 17.7. The number of nitrogens with one attached hydrogen (secondary N) is 1. The number of nitrogens with zero attached hydrogens (tertiary/aromatic N) is 1. The Kier molecular flexibility index (Phi) is 6.99. The monoisotopic (exact) mass is 440 g/mol. The van der Waals surface area contributed by atoms with Crippen LogP contribution in [0.1, 0.15) is 31.2 Å². The van der Waals surface area contributed by atoms with Crippen molar-refractivity contribution in [3.8, 4) is 0 Å². The minimum atomic E-state index is -3.43. The van der Waals surface area contributed by atoms with Gasteiger partial charge < -0.3 is 5.32 Å². The fourth-order valence-corrected chi connectivity index (χ4v) is 5.12. The zero-order valence-electron chi connectivity index (χ0n) is 15.3. The highest BCUT2D eigenvalue weighted by molar-refractivity contribution is 7.89. The van der Waals surface area contributed by atoms with E-state index in [1.165, 1.54) is 0 Å². The summed E-state index contributed by atoms with van der Waals surface area (Å²) in [7, 11) is -3.43. The molecule has 1 saturated heterocycles. The van der Waals surface area contributed by atoms with Gasteiger partial charge in [-0.25, -0.2) is 8.42 Å². The Bertz CT molecular complexity index is 940. The number of sulfonamides is 1. The van der Waals surface area contributed by atoms with Gasteiger partial charge >= 0.3 is 0 Å². The van der Waals surface area contributed by atoms with Crippen molar-refractivity contribution in [2.45, 2.75) is 37.0 Å². The van der Waals surface area contributed by atoms with Crippen LogP contribution in [0.25, 0.3) is 0 Å². The van der Waals surface area contributed by atoms with Gasteiger partial charge in [-0.1, -0.05) is 41.8 Å². The van der Waals surface area contributed by atoms with Crippen LogP contribution in [0.4, 0.5) is 5.69 Å². The predicted octanol–water partition coefficient (Wildman–Crippen LogP) is 4.74. The van der Waals surface area contributed by atoms with Gasteiger partial charge in [0.2, 0.25) is 15.9 Å². The van der Waals surface area contributed by atoms with E-state index in [2.05, 4.69) is 5.32 Å². The molecule has 2 aromatic rings. The SMILES string of the molecule is O=C(CCc1ccc(S(=O)(=O)N2CCCCC2)cc1)Nc1ccc(Cl)cc1Cl. The summed E-state index contributed by atoms with van der Waals surface area (Å²) in [5.74, 6) is -0.172. The second-order valence-electron chi connectivity index (χ2n) is 6.78. The molecule has 1 aliphatic heterocycles. The normalized spacial score (nSPS) is 15.4. The molecule has 3 rings (SSSR count). The second-order valence-corrected chi connectivity index (χ2v) is 9.56. The molecule has 0 bridgehead atoms. The quantitative estimate of drug-likeness (QED) is 0.704. The molecule has 0 unspecified atom stereocenters. The number of rotatable bonds is 6. The number of carbonyl (C=O) groups is 1. The van der Waals surface area contributed by atoms with Gasteiger partial charge in [-0.05, 0) is 55.2 Å². The number of carbonyl (C=O) groups excluding carboxylic acids is 1. The molecule has 0 saturated carbocycles. The summed E-state index contributed by atoms with van der Waals surface area (Å²) in [5.41, 5.74) is 1.41. The molecular formula is C20H22Cl2N2O3S. The highest BCUT2D eigenvalue weighted by Crippen LogP contribution is 2.26. The van der Waals surface area contributed by atoms with E-state index in [-0.39, 0.29) is 12.3 Å². The van der Waals surface area contributed by atoms with Crippen LogP contribution >= 0.6 is 23.2 Å². The molecule has 150 valence electrons. The molecule has 0 aliphatic carbocycles. The van der Waals surface area contributed by atoms with Crippen molar-refractivity contribution in [3.05, 3.63) is 58.1 Å². The van der Waals surface area contributed by atoms with Crippen molar-refractivity contribution in [2.24, 2.45) is 0 Å². The number of anilines is 1. The maximum atomic E-state index is 12.7. The Morgan fingerprint density at radius 3 is 2.32 bits per heavy atom. The fraction of sp³-hybridized carbons (Fsp3) is 0.350. The third kappa shape index (κ3) is 5.26. The third-order valence-corrected chi connectivity index (χ3v) is 7.18. The molecule has 1 aliphatic rings. The van der Waals surface area contributed by atoms with Crippen LogP contribution in [0.5, 0.6) is 0 Å². The maximum Gasteiger partial charge on any atom is 0.243 e. The number of amides is 1. The molecule has 1 amide bonds. The molecule has 1 N–H and O–H groups in total. The van der Waals surface area contributed by atoms with Crippen LogP contribution in [0, 0.1) is 0 Å². The van der Waals surface area contributed by atoms with E-state index in [0.29, 0.717) is 40.1 Å². The van der Waals surface area contributed by atoms with E-state index < -0.39 is 10.0 Å². The summed E-state index contributed by atoms with van der Waals surface area (Å²) >= 11 is 11.9. The number of halogens is 2. The Morgan fingerprint density at radius 1 is 1.00 bits per heavy atom. The first kappa shape index (κ1) is 21.1. The fourth-order valence-electron chi connectivity index (χ4n) is 3.14. The molecule has 8 heteroatoms. The summed E-state index contributed by atoms with van der Waals surface area (Å²) in [6, 6.07) is 11.6. The van der Waals surface area contributed by atoms with Crippen molar-refractivity contribution in [1.29, 1.82) is 0 Å². The Hall–Kier alpha value is -1.60. The Balaban J connectivity index is 1.57. The van der Waals surface area contributed by atoms with Crippen molar-refractivity contribution in [2.75, 3.05) is 18.4 Å². The maximum absolute atomic E-state index is 12.7. The van der Waals surface area contributed by atoms with Crippen molar-refractivity contribution in [1.82, 2.24) is 4.31 Å². The van der Waals surface area contributed by atoms with E-state index in [4.69, 9.17) is 23.2 Å². The average Bonchev–Trinajstić information content (AvgIpc) is 2.69. The van der Waals surface area contributed by atoms with Crippen molar-refractivity contribution in [3.63, 3.8) is 0 Å². The lowest BCUT2D eigenvalue weighted by molar-refractivity contribution is -0.116. The topological polar surface area (TPSA) is 66.5 Å². The lowest BCUT2D eigenvalue weighted by Gasteiger charge is -2.25. The van der Waals surface area contributed by atoms with Crippen LogP contribution in [0.3, 0.4) is 0 Å². The zero-order chi connectivity index (χ0) is 20.1. The standard InChI is InChI=1S/C20H22Cl2N2O3S/c21-16-7-10-19(18(22)14-16)23-20(25)11-6-15-4-8-17(9-5-15)28(26,27)24-12-2-1-3-13-24/h4-5,7-10,14H,1-3,6,11-13H2,(H,23,25). The second kappa shape index (κ2) is 9.27. The number of hydrogen-bond acceptors (Lipinski definition) is 3. The summed E-state index contributed by atoms with van der Waals surface area (Å²) in [6.45, 7) is 1.16. The van der Waals surface area contributed by atoms with Crippen LogP contribution in [0.2, 0.25) is 10.0 Å². The highest BCUT2D eigenvalue weighted by Gasteiger charge is 2.25. The molecular weight excluding hydrogens is 419 g/mol. The van der Waals surface area contributed by atoms with E-state index in [1.807, 2.05) is 0 Å². The number of hydrogen-bond donors (Lipinski definition) is 1. The van der Waals surface area contributed by atoms with Gasteiger partial charge in [-0.15, -0.1) is 0 Å². The van der Waals surface area contributed by atoms with Crippen LogP contribution in [-0.4, -0.2) is 31.7 Å². The Labute approximate surface area is 175 Å². The average molecular weight is 441 g/mol. The first-order valence-corrected chi connectivity index (χ1v) is 11.4. The molecule has 0 aromatic heterocycles. The first-order chi connectivity index (χ1) is 13.4. The summed E-state index contributed by atoms with van der Waals surface area (Å²) in [6.07, 6.45) is 3.65. The van der Waals surface area contributed by atoms with Gasteiger partial charge in [0, 0.05) is 24.5 Å². The molecule has 2 aromatic carbocycles. The van der Waals surface area contributed by atoms with Gasteiger partial charge in [-0.2, -0.15) is 4.31 Å². The smallest absolute Gasteiger partial charge is 0.243 e. The molecule has 0 spiro atoms. The summed E-state index contributed by atoms with van der Waals surface area (Å²) < 4.78 is 26.9. The number of piperidine rings is 1. The molecule has 1 heterocycles. The Morgan fingerprint density at radius 2 is 1.68 bits per heavy atom. The van der Waals surface area contributed by atoms with Crippen LogP contribution in [0.15, 0.2) is 47.4 Å². The van der Waals surface area contributed by atoms with Gasteiger partial charge in [0.05, 0.1) is 15.6 Å². The third-order valence-electron chi connectivity index (χ3n) is 4.72. The summed E-state index contributed by atoms with van der Waals surface area (Å²) in [4.78, 5) is 12.5. The van der Waals surface area contributed by atoms with Gasteiger partial charge in [0.25, 0.3) is 0 Å². The first-order valence-electron chi connectivity index (χ1n) is 9.20. The molecule has 28 heavy (non-hydrogen) atoms. The van der Waals surface area contributed by atoms with Crippen molar-refractivity contribution >= 4 is 44.8 Å². The van der Waals surface area contributed by atoms with E-state index in [1.54, 1.807) is 46.8 Å². The highest BCUT2D eigenvalue weighted by atomic mass is 35.5.